The molecule has 1 unspecified atom stereocenters. The molecule has 0 spiro atoms. The number of nitrogens with one attached hydrogen (secondary N) is 2. The molecule has 2 fully saturated rings. The minimum Gasteiger partial charge on any atom is -0.491 e. The predicted molar refractivity (Wildman–Crippen MR) is 203 cm³/mol. The second-order valence-electron chi connectivity index (χ2n) is 14.9. The predicted octanol–water partition coefficient (Wildman–Crippen LogP) is 6.81. The van der Waals surface area contributed by atoms with Crippen LogP contribution < -0.4 is 19.7 Å². The second-order valence-corrected chi connectivity index (χ2v) is 17.3. The molecule has 0 radical (unpaired) electrons. The molecule has 4 aliphatic rings. The normalized spacial score (nSPS) is 29.8. The van der Waals surface area contributed by atoms with Crippen molar-refractivity contribution in [3.8, 4) is 5.75 Å². The molecule has 1 aromatic heterocycles. The fourth-order valence-corrected chi connectivity index (χ4v) is 9.97. The summed E-state index contributed by atoms with van der Waals surface area (Å²) < 4.78 is 35.7. The van der Waals surface area contributed by atoms with Crippen molar-refractivity contribution >= 4 is 39.1 Å². The van der Waals surface area contributed by atoms with E-state index in [4.69, 9.17) is 21.1 Å². The van der Waals surface area contributed by atoms with Crippen LogP contribution in [0.2, 0.25) is 5.02 Å². The van der Waals surface area contributed by atoms with E-state index in [2.05, 4.69) is 48.7 Å². The number of rotatable bonds is 4. The summed E-state index contributed by atoms with van der Waals surface area (Å²) in [6, 6.07) is 12.6. The Morgan fingerprint density at radius 3 is 2.75 bits per heavy atom. The molecular formula is C39H49ClN6O5S. The lowest BCUT2D eigenvalue weighted by atomic mass is 9.70. The Bertz CT molecular complexity index is 1960. The van der Waals surface area contributed by atoms with Crippen LogP contribution in [0.5, 0.6) is 5.75 Å². The number of hydrogen-bond donors (Lipinski definition) is 2. The molecule has 3 heterocycles. The minimum absolute atomic E-state index is 0.00947. The average molecular weight is 749 g/mol. The highest BCUT2D eigenvalue weighted by Gasteiger charge is 2.42. The number of amides is 3. The molecule has 0 saturated heterocycles. The molecule has 2 saturated carbocycles. The van der Waals surface area contributed by atoms with Gasteiger partial charge in [-0.25, -0.2) is 9.00 Å². The topological polar surface area (TPSA) is 127 Å². The molecule has 52 heavy (non-hydrogen) atoms. The van der Waals surface area contributed by atoms with E-state index in [0.717, 1.165) is 56.5 Å². The van der Waals surface area contributed by atoms with Crippen LogP contribution in [0.15, 0.2) is 65.2 Å². The fraction of sp³-hybridized carbons (Fsp3) is 0.513. The van der Waals surface area contributed by atoms with Crippen LogP contribution in [0.3, 0.4) is 0 Å². The molecule has 11 nitrogen and oxygen atoms in total. The summed E-state index contributed by atoms with van der Waals surface area (Å²) in [5.74, 6) is 0.714. The average Bonchev–Trinajstić information content (AvgIpc) is 3.71. The molecule has 7 rings (SSSR count). The number of aromatic nitrogens is 2. The lowest BCUT2D eigenvalue weighted by molar-refractivity contribution is 0.0133. The zero-order valence-corrected chi connectivity index (χ0v) is 31.7. The van der Waals surface area contributed by atoms with E-state index in [1.165, 1.54) is 11.1 Å². The highest BCUT2D eigenvalue weighted by Crippen LogP contribution is 2.43. The van der Waals surface area contributed by atoms with E-state index in [9.17, 15) is 13.8 Å². The van der Waals surface area contributed by atoms with Gasteiger partial charge in [0.1, 0.15) is 15.7 Å². The van der Waals surface area contributed by atoms with Gasteiger partial charge in [0.25, 0.3) is 5.91 Å². The maximum atomic E-state index is 14.6. The van der Waals surface area contributed by atoms with E-state index in [1.54, 1.807) is 24.1 Å². The molecule has 7 atom stereocenters. The molecule has 278 valence electrons. The van der Waals surface area contributed by atoms with Crippen LogP contribution in [0.4, 0.5) is 10.5 Å². The number of carbonyl (C=O) groups is 2. The first-order chi connectivity index (χ1) is 25.1. The number of methoxy groups -OCH3 is 1. The maximum Gasteiger partial charge on any atom is 0.327 e. The summed E-state index contributed by atoms with van der Waals surface area (Å²) in [5.41, 5.74) is 4.48. The highest BCUT2D eigenvalue weighted by molar-refractivity contribution is 7.92. The van der Waals surface area contributed by atoms with Gasteiger partial charge < -0.3 is 19.7 Å². The van der Waals surface area contributed by atoms with E-state index in [1.807, 2.05) is 38.2 Å². The number of halogens is 1. The van der Waals surface area contributed by atoms with Crippen LogP contribution in [-0.2, 0) is 34.7 Å². The quantitative estimate of drug-likeness (QED) is 0.281. The molecule has 2 N–H and O–H groups in total. The van der Waals surface area contributed by atoms with E-state index in [0.29, 0.717) is 42.2 Å². The first kappa shape index (κ1) is 36.5. The lowest BCUT2D eigenvalue weighted by Gasteiger charge is -2.43. The SMILES string of the molecule is CO[C@H]1/C=C/C[C@H](C)CS(=O)(NC(=O)N[C@@H]2C[C@H]2c2ccnn2C)=NC(=O)c2ccc3c(c2)N(Cc2ccc(Cl)cc2CCCCO3)C[C@@H]2CC[C@H]21. The Kier molecular flexibility index (Phi) is 11.0. The Hall–Kier alpha value is -3.87. The molecule has 13 heteroatoms. The van der Waals surface area contributed by atoms with Crippen molar-refractivity contribution in [2.24, 2.45) is 29.2 Å². The van der Waals surface area contributed by atoms with Gasteiger partial charge in [0.05, 0.1) is 24.2 Å². The summed E-state index contributed by atoms with van der Waals surface area (Å²) in [4.78, 5) is 29.7. The Morgan fingerprint density at radius 1 is 1.12 bits per heavy atom. The first-order valence-electron chi connectivity index (χ1n) is 18.4. The molecule has 2 aliphatic carbocycles. The van der Waals surface area contributed by atoms with Crippen LogP contribution in [0.25, 0.3) is 0 Å². The van der Waals surface area contributed by atoms with Gasteiger partial charge in [0, 0.05) is 61.7 Å². The third-order valence-corrected chi connectivity index (χ3v) is 13.2. The van der Waals surface area contributed by atoms with Gasteiger partial charge in [-0.15, -0.1) is 4.36 Å². The monoisotopic (exact) mass is 748 g/mol. The number of anilines is 1. The number of nitrogens with zero attached hydrogens (tertiary/aromatic N) is 4. The van der Waals surface area contributed by atoms with E-state index in [-0.39, 0.29) is 35.3 Å². The molecular weight excluding hydrogens is 700 g/mol. The van der Waals surface area contributed by atoms with Gasteiger partial charge in [0.15, 0.2) is 0 Å². The van der Waals surface area contributed by atoms with Crippen molar-refractivity contribution in [2.75, 3.05) is 30.9 Å². The zero-order valence-electron chi connectivity index (χ0n) is 30.1. The van der Waals surface area contributed by atoms with Crippen molar-refractivity contribution in [3.05, 3.63) is 88.2 Å². The number of benzene rings is 2. The van der Waals surface area contributed by atoms with Gasteiger partial charge in [-0.3, -0.25) is 14.2 Å². The fourth-order valence-electron chi connectivity index (χ4n) is 7.95. The Labute approximate surface area is 311 Å². The molecule has 3 amide bonds. The maximum absolute atomic E-state index is 14.6. The first-order valence-corrected chi connectivity index (χ1v) is 20.5. The third-order valence-electron chi connectivity index (χ3n) is 11.0. The Morgan fingerprint density at radius 2 is 1.98 bits per heavy atom. The second kappa shape index (κ2) is 15.6. The summed E-state index contributed by atoms with van der Waals surface area (Å²) in [6.45, 7) is 3.83. The number of carbonyl (C=O) groups excluding carboxylic acids is 2. The summed E-state index contributed by atoms with van der Waals surface area (Å²) in [6.07, 6.45) is 12.0. The van der Waals surface area contributed by atoms with Crippen molar-refractivity contribution < 1.29 is 23.3 Å². The summed E-state index contributed by atoms with van der Waals surface area (Å²) in [7, 11) is 0.105. The van der Waals surface area contributed by atoms with Gasteiger partial charge >= 0.3 is 6.03 Å². The smallest absolute Gasteiger partial charge is 0.327 e. The molecule has 2 aliphatic heterocycles. The third kappa shape index (κ3) is 8.34. The molecule has 2 aromatic carbocycles. The van der Waals surface area contributed by atoms with Crippen LogP contribution in [-0.4, -0.2) is 64.1 Å². The number of fused-ring (bicyclic) bond motifs is 3. The van der Waals surface area contributed by atoms with Crippen molar-refractivity contribution in [2.45, 2.75) is 76.5 Å². The number of allylic oxidation sites excluding steroid dienone is 1. The van der Waals surface area contributed by atoms with Crippen molar-refractivity contribution in [3.63, 3.8) is 0 Å². The van der Waals surface area contributed by atoms with Crippen molar-refractivity contribution in [1.82, 2.24) is 19.8 Å². The Balaban J connectivity index is 1.24. The van der Waals surface area contributed by atoms with Crippen LogP contribution in [0, 0.1) is 17.8 Å². The summed E-state index contributed by atoms with van der Waals surface area (Å²) >= 11 is 6.47. The highest BCUT2D eigenvalue weighted by atomic mass is 35.5. The zero-order chi connectivity index (χ0) is 36.4. The summed E-state index contributed by atoms with van der Waals surface area (Å²) in [5, 5.41) is 7.89. The van der Waals surface area contributed by atoms with Gasteiger partial charge in [-0.2, -0.15) is 5.10 Å². The van der Waals surface area contributed by atoms with Gasteiger partial charge in [-0.1, -0.05) is 36.7 Å². The lowest BCUT2D eigenvalue weighted by Crippen LogP contribution is -2.43. The van der Waals surface area contributed by atoms with E-state index >= 15 is 0 Å². The van der Waals surface area contributed by atoms with E-state index < -0.39 is 21.9 Å². The number of ether oxygens (including phenoxy) is 2. The van der Waals surface area contributed by atoms with Gasteiger partial charge in [-0.05, 0) is 110 Å². The number of urea groups is 1. The van der Waals surface area contributed by atoms with Gasteiger partial charge in [0.2, 0.25) is 0 Å². The number of hydrogen-bond acceptors (Lipinski definition) is 7. The number of aryl methyl sites for hydroxylation is 2. The van der Waals surface area contributed by atoms with Crippen LogP contribution in [0.1, 0.15) is 78.5 Å². The molecule has 2 bridgehead atoms. The molecule has 3 aromatic rings. The largest absolute Gasteiger partial charge is 0.491 e. The standard InChI is InChI=1S/C39H49ClN6O5S/c1-25-7-6-9-36(50-3)31-14-11-29(31)23-46-22-28-10-13-30(40)19-26(28)8-4-5-18-51-37-15-12-27(20-35(37)46)38(47)43-52(49,24-25)44-39(48)42-33-21-32(33)34-16-17-41-45(34)2/h6,9-10,12-13,15-17,19-20,25,29,31-33,36H,4-5,7-8,11,14,18,21-24H2,1-3H3,(H2,42,43,44,47,48,49)/b9-6+/t25-,29-,31+,32+,33+,36-,52?/m0/s1. The minimum atomic E-state index is -3.52. The van der Waals surface area contributed by atoms with Crippen molar-refractivity contribution in [1.29, 1.82) is 0 Å². The van der Waals surface area contributed by atoms with Crippen LogP contribution >= 0.6 is 11.6 Å².